The second-order valence-corrected chi connectivity index (χ2v) is 15.9. The zero-order valence-electron chi connectivity index (χ0n) is 30.0. The standard InChI is InChI=1S/C37H55N7O6/c1-5-10-26(30(45)35(49)40-24-15-16-24)41-34(48)29-25-14-9-13-23(25)21-44(29)36(50)31(37(2,3)4)43-32(46)27(19-22-11-7-6-8-12-22)42-33(47)28-20-38-17-18-39-28/h17-18,20,22-27,29,31H,5-16,19,21H2,1-4H3,(H,40,49)(H,41,48)(H,42,47)(H,43,46)/t23-,25-,26-,27-,29-,31+/m0/s1. The summed E-state index contributed by atoms with van der Waals surface area (Å²) < 4.78 is 0. The van der Waals surface area contributed by atoms with Crippen molar-refractivity contribution in [3.8, 4) is 0 Å². The SMILES string of the molecule is CCC[C@H](NC(=O)[C@@H]1[C@H]2CCC[C@H]2CN1C(=O)[C@@H](NC(=O)[C@H](CC1CCCCC1)NC(=O)c1cnccn1)C(C)(C)C)C(=O)C(=O)NC1CC1. The number of ketones is 1. The number of likely N-dealkylation sites (tertiary alicyclic amines) is 1. The summed E-state index contributed by atoms with van der Waals surface area (Å²) in [5.41, 5.74) is -0.642. The third-order valence-electron chi connectivity index (χ3n) is 10.9. The van der Waals surface area contributed by atoms with Gasteiger partial charge in [-0.15, -0.1) is 0 Å². The number of hydrogen-bond acceptors (Lipinski definition) is 8. The van der Waals surface area contributed by atoms with Crippen molar-refractivity contribution in [1.29, 1.82) is 0 Å². The molecule has 0 unspecified atom stereocenters. The van der Waals surface area contributed by atoms with Gasteiger partial charge in [0.2, 0.25) is 23.5 Å². The molecule has 5 rings (SSSR count). The van der Waals surface area contributed by atoms with Crippen molar-refractivity contribution in [1.82, 2.24) is 36.1 Å². The molecular formula is C37H55N7O6. The van der Waals surface area contributed by atoms with E-state index in [0.717, 1.165) is 64.2 Å². The first-order valence-corrected chi connectivity index (χ1v) is 18.7. The Morgan fingerprint density at radius 2 is 1.62 bits per heavy atom. The summed E-state index contributed by atoms with van der Waals surface area (Å²) in [6.45, 7) is 7.85. The molecule has 1 aromatic heterocycles. The van der Waals surface area contributed by atoms with E-state index in [1.54, 1.807) is 4.90 Å². The quantitative estimate of drug-likeness (QED) is 0.215. The van der Waals surface area contributed by atoms with Gasteiger partial charge in [0, 0.05) is 25.0 Å². The first-order valence-electron chi connectivity index (χ1n) is 18.7. The Kier molecular flexibility index (Phi) is 12.3. The van der Waals surface area contributed by atoms with E-state index in [2.05, 4.69) is 31.2 Å². The predicted molar refractivity (Wildman–Crippen MR) is 185 cm³/mol. The molecule has 3 saturated carbocycles. The fourth-order valence-electron chi connectivity index (χ4n) is 8.02. The zero-order valence-corrected chi connectivity index (χ0v) is 30.0. The highest BCUT2D eigenvalue weighted by molar-refractivity contribution is 6.38. The second kappa shape index (κ2) is 16.4. The number of Topliss-reactive ketones (excluding diaryl/α,β-unsaturated/α-hetero) is 1. The summed E-state index contributed by atoms with van der Waals surface area (Å²) in [6.07, 6.45) is 15.0. The molecule has 13 heteroatoms. The highest BCUT2D eigenvalue weighted by atomic mass is 16.2. The van der Waals surface area contributed by atoms with E-state index >= 15 is 0 Å². The molecule has 0 aromatic carbocycles. The Balaban J connectivity index is 1.35. The van der Waals surface area contributed by atoms with Crippen molar-refractivity contribution in [2.45, 2.75) is 141 Å². The molecule has 274 valence electrons. The minimum atomic E-state index is -0.996. The fraction of sp³-hybridized carbons (Fsp3) is 0.730. The van der Waals surface area contributed by atoms with Crippen LogP contribution in [0.5, 0.6) is 0 Å². The Labute approximate surface area is 295 Å². The third kappa shape index (κ3) is 9.25. The number of rotatable bonds is 14. The van der Waals surface area contributed by atoms with Crippen LogP contribution in [0.15, 0.2) is 18.6 Å². The number of nitrogens with zero attached hydrogens (tertiary/aromatic N) is 3. The largest absolute Gasteiger partial charge is 0.347 e. The van der Waals surface area contributed by atoms with E-state index < -0.39 is 59.0 Å². The van der Waals surface area contributed by atoms with Crippen LogP contribution >= 0.6 is 0 Å². The smallest absolute Gasteiger partial charge is 0.289 e. The van der Waals surface area contributed by atoms with Crippen LogP contribution in [-0.2, 0) is 24.0 Å². The number of nitrogens with one attached hydrogen (secondary N) is 4. The van der Waals surface area contributed by atoms with Crippen LogP contribution in [0.3, 0.4) is 0 Å². The van der Waals surface area contributed by atoms with Crippen LogP contribution < -0.4 is 21.3 Å². The zero-order chi connectivity index (χ0) is 36.0. The number of hydrogen-bond donors (Lipinski definition) is 4. The maximum absolute atomic E-state index is 14.6. The van der Waals surface area contributed by atoms with E-state index in [1.807, 2.05) is 27.7 Å². The molecule has 1 saturated heterocycles. The van der Waals surface area contributed by atoms with Crippen LogP contribution in [0.25, 0.3) is 0 Å². The number of carbonyl (C=O) groups excluding carboxylic acids is 6. The Morgan fingerprint density at radius 3 is 2.26 bits per heavy atom. The fourth-order valence-corrected chi connectivity index (χ4v) is 8.02. The molecule has 4 N–H and O–H groups in total. The van der Waals surface area contributed by atoms with Gasteiger partial charge in [-0.3, -0.25) is 33.8 Å². The summed E-state index contributed by atoms with van der Waals surface area (Å²) in [7, 11) is 0. The first kappa shape index (κ1) is 37.4. The number of aromatic nitrogens is 2. The average molecular weight is 694 g/mol. The lowest BCUT2D eigenvalue weighted by Crippen LogP contribution is -2.61. The molecule has 6 atom stereocenters. The predicted octanol–water partition coefficient (Wildman–Crippen LogP) is 2.84. The lowest BCUT2D eigenvalue weighted by Gasteiger charge is -2.37. The van der Waals surface area contributed by atoms with Crippen molar-refractivity contribution in [3.63, 3.8) is 0 Å². The van der Waals surface area contributed by atoms with Crippen molar-refractivity contribution < 1.29 is 28.8 Å². The van der Waals surface area contributed by atoms with Gasteiger partial charge < -0.3 is 26.2 Å². The molecule has 5 amide bonds. The van der Waals surface area contributed by atoms with E-state index in [4.69, 9.17) is 0 Å². The molecule has 50 heavy (non-hydrogen) atoms. The van der Waals surface area contributed by atoms with Gasteiger partial charge in [0.05, 0.1) is 12.2 Å². The lowest BCUT2D eigenvalue weighted by molar-refractivity contribution is -0.146. The van der Waals surface area contributed by atoms with E-state index in [0.29, 0.717) is 25.8 Å². The molecule has 4 fully saturated rings. The minimum Gasteiger partial charge on any atom is -0.347 e. The molecule has 1 aromatic rings. The molecule has 3 aliphatic carbocycles. The van der Waals surface area contributed by atoms with Crippen LogP contribution in [0, 0.1) is 23.2 Å². The lowest BCUT2D eigenvalue weighted by atomic mass is 9.83. The van der Waals surface area contributed by atoms with Crippen LogP contribution in [0.1, 0.15) is 122 Å². The maximum atomic E-state index is 14.6. The Morgan fingerprint density at radius 1 is 0.880 bits per heavy atom. The molecular weight excluding hydrogens is 638 g/mol. The molecule has 1 aliphatic heterocycles. The highest BCUT2D eigenvalue weighted by Crippen LogP contribution is 2.43. The van der Waals surface area contributed by atoms with E-state index in [-0.39, 0.29) is 35.4 Å². The topological polar surface area (TPSA) is 180 Å². The van der Waals surface area contributed by atoms with Crippen LogP contribution in [-0.4, -0.2) is 86.9 Å². The van der Waals surface area contributed by atoms with Crippen LogP contribution in [0.4, 0.5) is 0 Å². The van der Waals surface area contributed by atoms with Crippen molar-refractivity contribution in [2.24, 2.45) is 23.2 Å². The van der Waals surface area contributed by atoms with E-state index in [9.17, 15) is 28.8 Å². The number of carbonyl (C=O) groups is 6. The van der Waals surface area contributed by atoms with Gasteiger partial charge in [0.25, 0.3) is 11.8 Å². The van der Waals surface area contributed by atoms with Gasteiger partial charge in [-0.1, -0.05) is 72.6 Å². The Hall–Kier alpha value is -3.90. The van der Waals surface area contributed by atoms with E-state index in [1.165, 1.54) is 18.6 Å². The molecule has 0 radical (unpaired) electrons. The van der Waals surface area contributed by atoms with Gasteiger partial charge in [0.15, 0.2) is 0 Å². The van der Waals surface area contributed by atoms with Gasteiger partial charge in [0.1, 0.15) is 23.8 Å². The highest BCUT2D eigenvalue weighted by Gasteiger charge is 2.52. The molecule has 0 spiro atoms. The molecule has 0 bridgehead atoms. The molecule has 4 aliphatic rings. The van der Waals surface area contributed by atoms with Gasteiger partial charge in [-0.25, -0.2) is 4.98 Å². The Bertz CT molecular complexity index is 1400. The van der Waals surface area contributed by atoms with Crippen LogP contribution in [0.2, 0.25) is 0 Å². The second-order valence-electron chi connectivity index (χ2n) is 15.9. The molecule has 2 heterocycles. The third-order valence-corrected chi connectivity index (χ3v) is 10.9. The summed E-state index contributed by atoms with van der Waals surface area (Å²) >= 11 is 0. The normalized spacial score (nSPS) is 24.0. The van der Waals surface area contributed by atoms with Crippen molar-refractivity contribution in [2.75, 3.05) is 6.54 Å². The van der Waals surface area contributed by atoms with Gasteiger partial charge in [-0.05, 0) is 61.7 Å². The summed E-state index contributed by atoms with van der Waals surface area (Å²) in [4.78, 5) is 91.4. The maximum Gasteiger partial charge on any atom is 0.289 e. The van der Waals surface area contributed by atoms with Crippen molar-refractivity contribution >= 4 is 35.3 Å². The first-order chi connectivity index (χ1) is 23.9. The number of amides is 5. The summed E-state index contributed by atoms with van der Waals surface area (Å²) in [5.74, 6) is -2.86. The van der Waals surface area contributed by atoms with Crippen molar-refractivity contribution in [3.05, 3.63) is 24.3 Å². The minimum absolute atomic E-state index is 0.0127. The number of fused-ring (bicyclic) bond motifs is 1. The van der Waals surface area contributed by atoms with Gasteiger partial charge >= 0.3 is 0 Å². The van der Waals surface area contributed by atoms with Gasteiger partial charge in [-0.2, -0.15) is 0 Å². The summed E-state index contributed by atoms with van der Waals surface area (Å²) in [6, 6.07) is -3.70. The molecule has 13 nitrogen and oxygen atoms in total. The average Bonchev–Trinajstić information content (AvgIpc) is 3.66. The monoisotopic (exact) mass is 693 g/mol. The summed E-state index contributed by atoms with van der Waals surface area (Å²) in [5, 5.41) is 11.5.